The van der Waals surface area contributed by atoms with Crippen LogP contribution in [-0.2, 0) is 4.79 Å². The van der Waals surface area contributed by atoms with E-state index >= 15 is 0 Å². The Balaban J connectivity index is 1.96. The number of hydrogen-bond acceptors (Lipinski definition) is 7. The highest BCUT2D eigenvalue weighted by molar-refractivity contribution is 7.18. The molecule has 146 valence electrons. The Morgan fingerprint density at radius 3 is 2.71 bits per heavy atom. The van der Waals surface area contributed by atoms with Gasteiger partial charge in [-0.3, -0.25) is 4.79 Å². The number of nitrogens with zero attached hydrogens (tertiary/aromatic N) is 3. The van der Waals surface area contributed by atoms with Gasteiger partial charge in [0.15, 0.2) is 5.13 Å². The van der Waals surface area contributed by atoms with Gasteiger partial charge < -0.3 is 16.4 Å². The standard InChI is InChI=1S/C19H21ClN6OS/c1-2-8-23-19-24-11-16(28-19)15-10-14(12-5-3-4-6-13(12)20)25-18(26-15)22-9-7-17(21)27/h3-6,10-11H,2,7-9H2,1H3,(H2,21,27)(H,23,24)(H,22,25,26). The fourth-order valence-corrected chi connectivity index (χ4v) is 3.50. The molecule has 0 spiro atoms. The van der Waals surface area contributed by atoms with Crippen molar-refractivity contribution in [3.63, 3.8) is 0 Å². The van der Waals surface area contributed by atoms with Crippen molar-refractivity contribution >= 4 is 39.9 Å². The van der Waals surface area contributed by atoms with Crippen LogP contribution in [0.2, 0.25) is 5.02 Å². The van der Waals surface area contributed by atoms with Crippen molar-refractivity contribution in [2.45, 2.75) is 19.8 Å². The first-order valence-corrected chi connectivity index (χ1v) is 10.1. The number of rotatable bonds is 9. The second-order valence-electron chi connectivity index (χ2n) is 6.04. The zero-order valence-electron chi connectivity index (χ0n) is 15.4. The lowest BCUT2D eigenvalue weighted by Gasteiger charge is -2.10. The number of primary amides is 1. The number of thiazole rings is 1. The topological polar surface area (TPSA) is 106 Å². The van der Waals surface area contributed by atoms with Crippen molar-refractivity contribution in [1.29, 1.82) is 0 Å². The molecule has 0 aliphatic carbocycles. The molecule has 28 heavy (non-hydrogen) atoms. The fraction of sp³-hybridized carbons (Fsp3) is 0.263. The number of aromatic nitrogens is 3. The molecule has 1 amide bonds. The predicted molar refractivity (Wildman–Crippen MR) is 115 cm³/mol. The molecule has 0 unspecified atom stereocenters. The van der Waals surface area contributed by atoms with Crippen LogP contribution in [0.25, 0.3) is 21.8 Å². The van der Waals surface area contributed by atoms with Crippen molar-refractivity contribution in [1.82, 2.24) is 15.0 Å². The largest absolute Gasteiger partial charge is 0.370 e. The maximum atomic E-state index is 11.0. The molecular formula is C19H21ClN6OS. The van der Waals surface area contributed by atoms with Gasteiger partial charge in [-0.15, -0.1) is 0 Å². The molecule has 0 aliphatic heterocycles. The van der Waals surface area contributed by atoms with Crippen molar-refractivity contribution in [2.24, 2.45) is 5.73 Å². The molecule has 2 aromatic heterocycles. The average Bonchev–Trinajstić information content (AvgIpc) is 3.15. The summed E-state index contributed by atoms with van der Waals surface area (Å²) in [5.74, 6) is 0.0224. The zero-order chi connectivity index (χ0) is 19.9. The highest BCUT2D eigenvalue weighted by Gasteiger charge is 2.13. The summed E-state index contributed by atoms with van der Waals surface area (Å²) in [7, 11) is 0. The number of benzene rings is 1. The fourth-order valence-electron chi connectivity index (χ4n) is 2.46. The minimum Gasteiger partial charge on any atom is -0.370 e. The molecule has 0 radical (unpaired) electrons. The average molecular weight is 417 g/mol. The van der Waals surface area contributed by atoms with Gasteiger partial charge in [0.25, 0.3) is 0 Å². The summed E-state index contributed by atoms with van der Waals surface area (Å²) in [6.45, 7) is 3.32. The van der Waals surface area contributed by atoms with Gasteiger partial charge in [0, 0.05) is 36.3 Å². The van der Waals surface area contributed by atoms with E-state index in [-0.39, 0.29) is 12.3 Å². The van der Waals surface area contributed by atoms with Crippen molar-refractivity contribution in [2.75, 3.05) is 23.7 Å². The molecule has 0 saturated heterocycles. The molecule has 0 saturated carbocycles. The summed E-state index contributed by atoms with van der Waals surface area (Å²) in [6, 6.07) is 9.38. The highest BCUT2D eigenvalue weighted by Crippen LogP contribution is 2.33. The summed E-state index contributed by atoms with van der Waals surface area (Å²) < 4.78 is 0. The van der Waals surface area contributed by atoms with Crippen LogP contribution in [0.15, 0.2) is 36.5 Å². The Morgan fingerprint density at radius 2 is 1.96 bits per heavy atom. The van der Waals surface area contributed by atoms with E-state index in [0.717, 1.165) is 34.2 Å². The summed E-state index contributed by atoms with van der Waals surface area (Å²) in [4.78, 5) is 25.5. The van der Waals surface area contributed by atoms with E-state index in [1.807, 2.05) is 30.3 Å². The third-order valence-corrected chi connectivity index (χ3v) is 5.12. The summed E-state index contributed by atoms with van der Waals surface area (Å²) in [5.41, 5.74) is 7.43. The SMILES string of the molecule is CCCNc1ncc(-c2cc(-c3ccccc3Cl)nc(NCCC(N)=O)n2)s1. The molecule has 0 aliphatic rings. The Kier molecular flexibility index (Phi) is 6.78. The number of nitrogens with one attached hydrogen (secondary N) is 2. The van der Waals surface area contributed by atoms with E-state index in [9.17, 15) is 4.79 Å². The Labute approximate surface area is 172 Å². The minimum atomic E-state index is -0.385. The van der Waals surface area contributed by atoms with Crippen molar-refractivity contribution in [3.8, 4) is 21.8 Å². The van der Waals surface area contributed by atoms with Gasteiger partial charge in [-0.1, -0.05) is 48.1 Å². The minimum absolute atomic E-state index is 0.195. The maximum Gasteiger partial charge on any atom is 0.223 e. The lowest BCUT2D eigenvalue weighted by Crippen LogP contribution is -2.16. The second kappa shape index (κ2) is 9.48. The third-order valence-electron chi connectivity index (χ3n) is 3.81. The number of carbonyl (C=O) groups is 1. The Hall–Kier alpha value is -2.71. The van der Waals surface area contributed by atoms with E-state index < -0.39 is 0 Å². The first-order chi connectivity index (χ1) is 13.6. The molecule has 1 aromatic carbocycles. The van der Waals surface area contributed by atoms with Crippen LogP contribution in [0.5, 0.6) is 0 Å². The molecule has 7 nitrogen and oxygen atoms in total. The number of nitrogens with two attached hydrogens (primary N) is 1. The van der Waals surface area contributed by atoms with Gasteiger partial charge in [0.05, 0.1) is 16.3 Å². The van der Waals surface area contributed by atoms with Gasteiger partial charge in [-0.05, 0) is 18.6 Å². The number of anilines is 2. The predicted octanol–water partition coefficient (Wildman–Crippen LogP) is 4.03. The molecule has 3 aromatic rings. The number of amides is 1. The Bertz CT molecular complexity index is 961. The number of carbonyl (C=O) groups excluding carboxylic acids is 1. The second-order valence-corrected chi connectivity index (χ2v) is 7.48. The van der Waals surface area contributed by atoms with Gasteiger partial charge in [-0.2, -0.15) is 0 Å². The van der Waals surface area contributed by atoms with Crippen LogP contribution in [0.1, 0.15) is 19.8 Å². The first-order valence-electron chi connectivity index (χ1n) is 8.93. The van der Waals surface area contributed by atoms with Crippen LogP contribution in [0.4, 0.5) is 11.1 Å². The van der Waals surface area contributed by atoms with Crippen LogP contribution in [-0.4, -0.2) is 33.9 Å². The van der Waals surface area contributed by atoms with Gasteiger partial charge >= 0.3 is 0 Å². The molecule has 0 fully saturated rings. The molecule has 4 N–H and O–H groups in total. The quantitative estimate of drug-likeness (QED) is 0.486. The van der Waals surface area contributed by atoms with E-state index in [0.29, 0.717) is 23.2 Å². The normalized spacial score (nSPS) is 10.6. The van der Waals surface area contributed by atoms with Gasteiger partial charge in [0.2, 0.25) is 11.9 Å². The van der Waals surface area contributed by atoms with Crippen LogP contribution >= 0.6 is 22.9 Å². The lowest BCUT2D eigenvalue weighted by atomic mass is 10.1. The molecule has 9 heteroatoms. The lowest BCUT2D eigenvalue weighted by molar-refractivity contribution is -0.117. The zero-order valence-corrected chi connectivity index (χ0v) is 17.0. The molecule has 0 atom stereocenters. The number of halogens is 1. The van der Waals surface area contributed by atoms with Gasteiger partial charge in [-0.25, -0.2) is 15.0 Å². The molecular weight excluding hydrogens is 396 g/mol. The summed E-state index contributed by atoms with van der Waals surface area (Å²) in [6.07, 6.45) is 3.00. The highest BCUT2D eigenvalue weighted by atomic mass is 35.5. The third kappa shape index (κ3) is 5.17. The smallest absolute Gasteiger partial charge is 0.223 e. The molecule has 0 bridgehead atoms. The van der Waals surface area contributed by atoms with E-state index in [4.69, 9.17) is 17.3 Å². The summed E-state index contributed by atoms with van der Waals surface area (Å²) >= 11 is 7.88. The molecule has 2 heterocycles. The first kappa shape index (κ1) is 20.0. The molecule has 3 rings (SSSR count). The van der Waals surface area contributed by atoms with E-state index in [1.165, 1.54) is 11.3 Å². The van der Waals surface area contributed by atoms with Gasteiger partial charge in [0.1, 0.15) is 0 Å². The van der Waals surface area contributed by atoms with Crippen LogP contribution in [0, 0.1) is 0 Å². The van der Waals surface area contributed by atoms with E-state index in [1.54, 1.807) is 6.20 Å². The monoisotopic (exact) mass is 416 g/mol. The van der Waals surface area contributed by atoms with Crippen molar-refractivity contribution < 1.29 is 4.79 Å². The van der Waals surface area contributed by atoms with Crippen molar-refractivity contribution in [3.05, 3.63) is 41.6 Å². The Morgan fingerprint density at radius 1 is 1.18 bits per heavy atom. The van der Waals surface area contributed by atoms with Crippen LogP contribution < -0.4 is 16.4 Å². The van der Waals surface area contributed by atoms with E-state index in [2.05, 4.69) is 32.5 Å². The maximum absolute atomic E-state index is 11.0. The van der Waals surface area contributed by atoms with Crippen LogP contribution in [0.3, 0.4) is 0 Å². The summed E-state index contributed by atoms with van der Waals surface area (Å²) in [5, 5.41) is 7.78. The number of hydrogen-bond donors (Lipinski definition) is 3.